The minimum absolute atomic E-state index is 0.0405. The molecule has 20 heavy (non-hydrogen) atoms. The van der Waals surface area contributed by atoms with E-state index in [4.69, 9.17) is 10.7 Å². The number of likely N-dealkylation sites (tertiary alicyclic amines) is 1. The average Bonchev–Trinajstić information content (AvgIpc) is 2.36. The summed E-state index contributed by atoms with van der Waals surface area (Å²) in [5.41, 5.74) is 0.466. The minimum Gasteiger partial charge on any atom is -0.338 e. The maximum absolute atomic E-state index is 12.5. The van der Waals surface area contributed by atoms with Crippen LogP contribution in [0.1, 0.15) is 37.0 Å². The van der Waals surface area contributed by atoms with Crippen LogP contribution in [0.3, 0.4) is 0 Å². The third-order valence-corrected chi connectivity index (χ3v) is 4.90. The van der Waals surface area contributed by atoms with E-state index in [0.29, 0.717) is 18.7 Å². The van der Waals surface area contributed by atoms with Crippen molar-refractivity contribution >= 4 is 25.6 Å². The predicted octanol–water partition coefficient (Wildman–Crippen LogP) is 2.88. The molecule has 1 aromatic rings. The van der Waals surface area contributed by atoms with E-state index in [9.17, 15) is 13.2 Å². The molecule has 6 heteroatoms. The van der Waals surface area contributed by atoms with Gasteiger partial charge in [-0.15, -0.1) is 0 Å². The molecule has 0 bridgehead atoms. The molecule has 0 atom stereocenters. The van der Waals surface area contributed by atoms with E-state index in [2.05, 4.69) is 13.8 Å². The van der Waals surface area contributed by atoms with Gasteiger partial charge in [0.05, 0.1) is 4.90 Å². The van der Waals surface area contributed by atoms with Crippen LogP contribution in [0, 0.1) is 5.41 Å². The molecule has 1 aromatic carbocycles. The number of hydrogen-bond donors (Lipinski definition) is 0. The van der Waals surface area contributed by atoms with Gasteiger partial charge >= 0.3 is 0 Å². The zero-order valence-electron chi connectivity index (χ0n) is 11.6. The summed E-state index contributed by atoms with van der Waals surface area (Å²) >= 11 is 0. The van der Waals surface area contributed by atoms with Gasteiger partial charge in [-0.25, -0.2) is 8.42 Å². The highest BCUT2D eigenvalue weighted by Crippen LogP contribution is 2.29. The van der Waals surface area contributed by atoms with Gasteiger partial charge in [0.2, 0.25) is 0 Å². The summed E-state index contributed by atoms with van der Waals surface area (Å²) in [6.07, 6.45) is 2.05. The van der Waals surface area contributed by atoms with Crippen molar-refractivity contribution in [3.8, 4) is 0 Å². The normalized spacial score (nSPS) is 18.9. The molecular formula is C14H18ClNO3S. The number of piperidine rings is 1. The number of halogens is 1. The van der Waals surface area contributed by atoms with Gasteiger partial charge in [0, 0.05) is 29.3 Å². The van der Waals surface area contributed by atoms with E-state index in [0.717, 1.165) is 12.8 Å². The number of carbonyl (C=O) groups excluding carboxylic acids is 1. The maximum atomic E-state index is 12.5. The number of nitrogens with zero attached hydrogens (tertiary/aromatic N) is 1. The Balaban J connectivity index is 2.26. The Hall–Kier alpha value is -1.07. The summed E-state index contributed by atoms with van der Waals surface area (Å²) < 4.78 is 22.7. The average molecular weight is 316 g/mol. The summed E-state index contributed by atoms with van der Waals surface area (Å²) in [6, 6.07) is 5.89. The van der Waals surface area contributed by atoms with Crippen LogP contribution in [0.4, 0.5) is 0 Å². The molecule has 1 fully saturated rings. The lowest BCUT2D eigenvalue weighted by molar-refractivity contribution is 0.0583. The van der Waals surface area contributed by atoms with E-state index in [1.807, 2.05) is 0 Å². The number of hydrogen-bond acceptors (Lipinski definition) is 3. The van der Waals surface area contributed by atoms with E-state index < -0.39 is 9.05 Å². The van der Waals surface area contributed by atoms with Gasteiger partial charge in [-0.3, -0.25) is 4.79 Å². The first kappa shape index (κ1) is 15.3. The van der Waals surface area contributed by atoms with E-state index in [-0.39, 0.29) is 16.2 Å². The number of rotatable bonds is 2. The van der Waals surface area contributed by atoms with Crippen molar-refractivity contribution < 1.29 is 13.2 Å². The first-order valence-corrected chi connectivity index (χ1v) is 8.84. The molecule has 4 nitrogen and oxygen atoms in total. The van der Waals surface area contributed by atoms with Gasteiger partial charge in [-0.2, -0.15) is 0 Å². The number of carbonyl (C=O) groups is 1. The molecule has 0 unspecified atom stereocenters. The van der Waals surface area contributed by atoms with Gasteiger partial charge in [-0.05, 0) is 36.5 Å². The minimum atomic E-state index is -3.81. The molecule has 0 saturated carbocycles. The van der Waals surface area contributed by atoms with Crippen LogP contribution >= 0.6 is 10.7 Å². The molecule has 0 radical (unpaired) electrons. The summed E-state index contributed by atoms with van der Waals surface area (Å²) in [7, 11) is 1.50. The van der Waals surface area contributed by atoms with Gasteiger partial charge in [0.15, 0.2) is 0 Å². The highest BCUT2D eigenvalue weighted by atomic mass is 35.7. The molecule has 1 aliphatic heterocycles. The first-order valence-electron chi connectivity index (χ1n) is 6.53. The quantitative estimate of drug-likeness (QED) is 0.789. The van der Waals surface area contributed by atoms with Gasteiger partial charge < -0.3 is 4.90 Å². The van der Waals surface area contributed by atoms with Crippen LogP contribution in [-0.2, 0) is 9.05 Å². The van der Waals surface area contributed by atoms with Crippen LogP contribution in [-0.4, -0.2) is 32.3 Å². The monoisotopic (exact) mass is 315 g/mol. The molecule has 110 valence electrons. The van der Waals surface area contributed by atoms with Crippen LogP contribution in [0.2, 0.25) is 0 Å². The van der Waals surface area contributed by atoms with E-state index in [1.165, 1.54) is 18.2 Å². The van der Waals surface area contributed by atoms with E-state index >= 15 is 0 Å². The second-order valence-corrected chi connectivity index (χ2v) is 8.53. The fraction of sp³-hybridized carbons (Fsp3) is 0.500. The highest BCUT2D eigenvalue weighted by molar-refractivity contribution is 8.13. The largest absolute Gasteiger partial charge is 0.338 e. The molecule has 1 amide bonds. The lowest BCUT2D eigenvalue weighted by Gasteiger charge is -2.38. The topological polar surface area (TPSA) is 54.5 Å². The van der Waals surface area contributed by atoms with Crippen molar-refractivity contribution in [1.29, 1.82) is 0 Å². The fourth-order valence-electron chi connectivity index (χ4n) is 2.56. The van der Waals surface area contributed by atoms with Crippen molar-refractivity contribution in [1.82, 2.24) is 4.90 Å². The lowest BCUT2D eigenvalue weighted by atomic mass is 9.84. The molecule has 0 spiro atoms. The number of amides is 1. The zero-order valence-corrected chi connectivity index (χ0v) is 13.2. The van der Waals surface area contributed by atoms with Crippen molar-refractivity contribution in [3.63, 3.8) is 0 Å². The van der Waals surface area contributed by atoms with Crippen molar-refractivity contribution in [2.24, 2.45) is 5.41 Å². The smallest absolute Gasteiger partial charge is 0.261 e. The fourth-order valence-corrected chi connectivity index (χ4v) is 3.36. The SMILES string of the molecule is CC1(C)CCCN(C(=O)c2cccc(S(=O)(=O)Cl)c2)C1. The summed E-state index contributed by atoms with van der Waals surface area (Å²) in [6.45, 7) is 5.65. The Morgan fingerprint density at radius 3 is 2.65 bits per heavy atom. The molecule has 0 aliphatic carbocycles. The molecule has 1 saturated heterocycles. The second kappa shape index (κ2) is 5.37. The van der Waals surface area contributed by atoms with Crippen LogP contribution in [0.25, 0.3) is 0 Å². The summed E-state index contributed by atoms with van der Waals surface area (Å²) in [5, 5.41) is 0. The third kappa shape index (κ3) is 3.52. The zero-order chi connectivity index (χ0) is 15.0. The maximum Gasteiger partial charge on any atom is 0.261 e. The molecule has 0 aromatic heterocycles. The van der Waals surface area contributed by atoms with Gasteiger partial charge in [0.25, 0.3) is 15.0 Å². The Bertz CT molecular complexity index is 625. The molecule has 1 heterocycles. The molecular weight excluding hydrogens is 298 g/mol. The predicted molar refractivity (Wildman–Crippen MR) is 78.4 cm³/mol. The molecule has 0 N–H and O–H groups in total. The Morgan fingerprint density at radius 1 is 1.35 bits per heavy atom. The Labute approximate surface area is 124 Å². The van der Waals surface area contributed by atoms with Gasteiger partial charge in [-0.1, -0.05) is 19.9 Å². The van der Waals surface area contributed by atoms with Crippen molar-refractivity contribution in [2.45, 2.75) is 31.6 Å². The molecule has 2 rings (SSSR count). The van der Waals surface area contributed by atoms with Crippen molar-refractivity contribution in [3.05, 3.63) is 29.8 Å². The first-order chi connectivity index (χ1) is 9.19. The van der Waals surface area contributed by atoms with Crippen LogP contribution < -0.4 is 0 Å². The highest BCUT2D eigenvalue weighted by Gasteiger charge is 2.29. The Kier molecular flexibility index (Phi) is 4.12. The summed E-state index contributed by atoms with van der Waals surface area (Å²) in [5.74, 6) is -0.139. The molecule has 1 aliphatic rings. The standard InChI is InChI=1S/C14H18ClNO3S/c1-14(2)7-4-8-16(10-14)13(17)11-5-3-6-12(9-11)20(15,18)19/h3,5-6,9H,4,7-8,10H2,1-2H3. The van der Waals surface area contributed by atoms with E-state index in [1.54, 1.807) is 11.0 Å². The van der Waals surface area contributed by atoms with Gasteiger partial charge in [0.1, 0.15) is 0 Å². The van der Waals surface area contributed by atoms with Crippen LogP contribution in [0.15, 0.2) is 29.2 Å². The lowest BCUT2D eigenvalue weighted by Crippen LogP contribution is -2.43. The number of benzene rings is 1. The Morgan fingerprint density at radius 2 is 2.05 bits per heavy atom. The third-order valence-electron chi connectivity index (χ3n) is 3.55. The summed E-state index contributed by atoms with van der Waals surface area (Å²) in [4.78, 5) is 14.2. The van der Waals surface area contributed by atoms with Crippen LogP contribution in [0.5, 0.6) is 0 Å². The van der Waals surface area contributed by atoms with Crippen molar-refractivity contribution in [2.75, 3.05) is 13.1 Å². The second-order valence-electron chi connectivity index (χ2n) is 5.96.